The van der Waals surface area contributed by atoms with E-state index in [1.54, 1.807) is 22.7 Å². The summed E-state index contributed by atoms with van der Waals surface area (Å²) < 4.78 is 2.56. The molecule has 0 atom stereocenters. The fourth-order valence-electron chi connectivity index (χ4n) is 8.65. The lowest BCUT2D eigenvalue weighted by molar-refractivity contribution is 0.525. The van der Waals surface area contributed by atoms with Gasteiger partial charge >= 0.3 is 0 Å². The Hall–Kier alpha value is -0.120. The average molecular weight is 1030 g/mol. The van der Waals surface area contributed by atoms with Crippen molar-refractivity contribution in [2.24, 2.45) is 0 Å². The first-order valence-electron chi connectivity index (χ1n) is 25.4. The molecule has 0 spiro atoms. The molecule has 0 aliphatic heterocycles. The molecular formula is C52H84Br2N2S4. The molecule has 340 valence electrons. The number of thiazole rings is 2. The molecule has 0 amide bonds. The minimum absolute atomic E-state index is 1.08. The van der Waals surface area contributed by atoms with Gasteiger partial charge in [-0.3, -0.25) is 0 Å². The maximum Gasteiger partial charge on any atom is 0.155 e. The number of aromatic nitrogens is 2. The van der Waals surface area contributed by atoms with Gasteiger partial charge in [-0.25, -0.2) is 9.97 Å². The van der Waals surface area contributed by atoms with Gasteiger partial charge in [0.1, 0.15) is 10.0 Å². The quantitative estimate of drug-likeness (QED) is 0.0415. The topological polar surface area (TPSA) is 25.8 Å². The molecule has 8 heteroatoms. The van der Waals surface area contributed by atoms with Gasteiger partial charge in [-0.1, -0.05) is 255 Å². The Morgan fingerprint density at radius 3 is 0.817 bits per heavy atom. The average Bonchev–Trinajstić information content (AvgIpc) is 4.03. The van der Waals surface area contributed by atoms with Crippen molar-refractivity contribution in [3.05, 3.63) is 30.8 Å². The van der Waals surface area contributed by atoms with Crippen molar-refractivity contribution in [1.29, 1.82) is 0 Å². The number of unbranched alkanes of at least 4 members (excludes halogenated alkanes) is 34. The normalized spacial score (nSPS) is 11.9. The summed E-state index contributed by atoms with van der Waals surface area (Å²) in [6.45, 7) is 4.61. The van der Waals surface area contributed by atoms with Crippen LogP contribution in [0.25, 0.3) is 29.4 Å². The van der Waals surface area contributed by atoms with E-state index in [1.165, 1.54) is 260 Å². The fraction of sp³-hybridized carbons (Fsp3) is 0.769. The molecule has 0 unspecified atom stereocenters. The van der Waals surface area contributed by atoms with Crippen LogP contribution in [0.15, 0.2) is 19.7 Å². The zero-order chi connectivity index (χ0) is 42.3. The van der Waals surface area contributed by atoms with Crippen LogP contribution in [0.4, 0.5) is 0 Å². The number of rotatable bonds is 40. The van der Waals surface area contributed by atoms with Crippen LogP contribution in [0.2, 0.25) is 0 Å². The number of fused-ring (bicyclic) bond motifs is 1. The number of aryl methyl sites for hydroxylation is 2. The molecule has 0 saturated heterocycles. The van der Waals surface area contributed by atoms with Crippen molar-refractivity contribution in [2.45, 2.75) is 258 Å². The van der Waals surface area contributed by atoms with Gasteiger partial charge in [-0.2, -0.15) is 0 Å². The predicted molar refractivity (Wildman–Crippen MR) is 282 cm³/mol. The van der Waals surface area contributed by atoms with Crippen molar-refractivity contribution in [2.75, 3.05) is 0 Å². The maximum atomic E-state index is 5.08. The van der Waals surface area contributed by atoms with Crippen LogP contribution in [0.1, 0.15) is 256 Å². The summed E-state index contributed by atoms with van der Waals surface area (Å²) in [6.07, 6.45) is 53.6. The first-order chi connectivity index (χ1) is 29.6. The lowest BCUT2D eigenvalue weighted by Crippen LogP contribution is -1.86. The molecule has 4 aromatic rings. The molecule has 0 radical (unpaired) electrons. The van der Waals surface area contributed by atoms with Crippen LogP contribution in [0.3, 0.4) is 0 Å². The van der Waals surface area contributed by atoms with Crippen LogP contribution in [-0.2, 0) is 12.8 Å². The van der Waals surface area contributed by atoms with E-state index in [2.05, 4.69) is 57.8 Å². The van der Waals surface area contributed by atoms with Crippen molar-refractivity contribution < 1.29 is 0 Å². The first kappa shape index (κ1) is 52.5. The summed E-state index contributed by atoms with van der Waals surface area (Å²) in [7, 11) is 0. The molecule has 4 heterocycles. The molecule has 4 rings (SSSR count). The summed E-state index contributed by atoms with van der Waals surface area (Å²) in [4.78, 5) is 14.9. The summed E-state index contributed by atoms with van der Waals surface area (Å²) in [5.74, 6) is 0. The lowest BCUT2D eigenvalue weighted by Gasteiger charge is -2.04. The Morgan fingerprint density at radius 1 is 0.333 bits per heavy atom. The van der Waals surface area contributed by atoms with Gasteiger partial charge in [-0.05, 0) is 80.8 Å². The highest BCUT2D eigenvalue weighted by Crippen LogP contribution is 2.44. The molecule has 0 aromatic carbocycles. The van der Waals surface area contributed by atoms with Gasteiger partial charge in [0, 0.05) is 0 Å². The van der Waals surface area contributed by atoms with Crippen LogP contribution in [0, 0.1) is 0 Å². The van der Waals surface area contributed by atoms with E-state index in [1.807, 2.05) is 22.7 Å². The largest absolute Gasteiger partial charge is 0.222 e. The second kappa shape index (κ2) is 34.3. The second-order valence-corrected chi connectivity index (χ2v) is 24.7. The van der Waals surface area contributed by atoms with Gasteiger partial charge < -0.3 is 0 Å². The van der Waals surface area contributed by atoms with E-state index in [0.717, 1.165) is 32.5 Å². The van der Waals surface area contributed by atoms with Crippen molar-refractivity contribution >= 4 is 86.9 Å². The monoisotopic (exact) mass is 1020 g/mol. The zero-order valence-corrected chi connectivity index (χ0v) is 44.7. The van der Waals surface area contributed by atoms with E-state index in [0.29, 0.717) is 0 Å². The van der Waals surface area contributed by atoms with Crippen molar-refractivity contribution in [1.82, 2.24) is 9.97 Å². The summed E-state index contributed by atoms with van der Waals surface area (Å²) in [5, 5.41) is 2.24. The molecular weight excluding hydrogens is 941 g/mol. The molecule has 0 N–H and O–H groups in total. The van der Waals surface area contributed by atoms with Gasteiger partial charge in [0.2, 0.25) is 0 Å². The third-order valence-corrected chi connectivity index (χ3v) is 18.8. The van der Waals surface area contributed by atoms with Crippen molar-refractivity contribution in [3.63, 3.8) is 0 Å². The van der Waals surface area contributed by atoms with E-state index >= 15 is 0 Å². The smallest absolute Gasteiger partial charge is 0.155 e. The van der Waals surface area contributed by atoms with Gasteiger partial charge in [0.25, 0.3) is 0 Å². The number of thiophene rings is 2. The minimum atomic E-state index is 1.08. The highest BCUT2D eigenvalue weighted by molar-refractivity contribution is 9.11. The van der Waals surface area contributed by atoms with Crippen molar-refractivity contribution in [3.8, 4) is 19.8 Å². The molecule has 4 aromatic heterocycles. The Labute approximate surface area is 402 Å². The Balaban J connectivity index is 1.01. The fourth-order valence-corrected chi connectivity index (χ4v) is 14.3. The van der Waals surface area contributed by atoms with Gasteiger partial charge in [-0.15, -0.1) is 22.7 Å². The number of halogens is 2. The molecule has 60 heavy (non-hydrogen) atoms. The number of hydrogen-bond donors (Lipinski definition) is 0. The molecule has 0 fully saturated rings. The predicted octanol–water partition coefficient (Wildman–Crippen LogP) is 21.9. The van der Waals surface area contributed by atoms with Crippen LogP contribution < -0.4 is 0 Å². The Morgan fingerprint density at radius 2 is 0.567 bits per heavy atom. The SMILES string of the molecule is CCCCCCCCCCCCCCCCCCCCc1cc(-c2nc3sc(-c4cc(CCCCCCCCCCCCCCCCCCCC)c(Br)s4)nc3s2)sc1Br. The van der Waals surface area contributed by atoms with Gasteiger partial charge in [0.05, 0.1) is 17.3 Å². The highest BCUT2D eigenvalue weighted by Gasteiger charge is 2.18. The maximum absolute atomic E-state index is 5.08. The molecule has 0 saturated carbocycles. The van der Waals surface area contributed by atoms with Crippen LogP contribution in [0.5, 0.6) is 0 Å². The molecule has 0 bridgehead atoms. The van der Waals surface area contributed by atoms with Gasteiger partial charge in [0.15, 0.2) is 9.66 Å². The van der Waals surface area contributed by atoms with E-state index in [-0.39, 0.29) is 0 Å². The van der Waals surface area contributed by atoms with E-state index in [4.69, 9.17) is 9.97 Å². The minimum Gasteiger partial charge on any atom is -0.222 e. The highest BCUT2D eigenvalue weighted by atomic mass is 79.9. The van der Waals surface area contributed by atoms with E-state index < -0.39 is 0 Å². The number of hydrogen-bond acceptors (Lipinski definition) is 6. The summed E-state index contributed by atoms with van der Waals surface area (Å²) in [6, 6.07) is 4.77. The number of nitrogens with zero attached hydrogens (tertiary/aromatic N) is 2. The Bertz CT molecular complexity index is 1470. The standard InChI is InChI=1S/C52H84Br2N2S4/c1-3-5-7-9-11-13-15-17-19-21-23-25-27-29-31-33-35-37-39-43-41-45(57-47(43)53)49-55-51-52(59-49)56-50(60-51)46-42-44(48(54)58-46)40-38-36-34-32-30-28-26-24-22-20-18-16-14-12-10-8-6-4-2/h41-42H,3-40H2,1-2H3. The molecule has 0 aliphatic rings. The molecule has 2 nitrogen and oxygen atoms in total. The van der Waals surface area contributed by atoms with Crippen LogP contribution >= 0.6 is 77.2 Å². The zero-order valence-electron chi connectivity index (χ0n) is 38.3. The molecule has 0 aliphatic carbocycles. The summed E-state index contributed by atoms with van der Waals surface area (Å²) >= 11 is 15.0. The third-order valence-electron chi connectivity index (χ3n) is 12.5. The first-order valence-corrected chi connectivity index (χ1v) is 30.3. The second-order valence-electron chi connectivity index (χ2n) is 18.0. The van der Waals surface area contributed by atoms with Crippen LogP contribution in [-0.4, -0.2) is 9.97 Å². The Kier molecular flexibility index (Phi) is 30.0. The summed E-state index contributed by atoms with van der Waals surface area (Å²) in [5.41, 5.74) is 2.90. The van der Waals surface area contributed by atoms with E-state index in [9.17, 15) is 0 Å². The lowest BCUT2D eigenvalue weighted by atomic mass is 10.0. The third kappa shape index (κ3) is 22.2.